The maximum Gasteiger partial charge on any atom is 0.317 e. The van der Waals surface area contributed by atoms with E-state index >= 15 is 0 Å². The molecule has 23 heavy (non-hydrogen) atoms. The van der Waals surface area contributed by atoms with Gasteiger partial charge in [0.1, 0.15) is 0 Å². The van der Waals surface area contributed by atoms with Gasteiger partial charge >= 0.3 is 6.03 Å². The topological polar surface area (TPSA) is 64.7 Å². The molecule has 1 aliphatic heterocycles. The summed E-state index contributed by atoms with van der Waals surface area (Å²) in [7, 11) is 0. The second-order valence-corrected chi connectivity index (χ2v) is 6.27. The monoisotopic (exact) mass is 338 g/mol. The van der Waals surface area contributed by atoms with Crippen LogP contribution < -0.4 is 15.5 Å². The molecule has 3 amide bonds. The van der Waals surface area contributed by atoms with Crippen molar-refractivity contribution in [3.63, 3.8) is 0 Å². The molecule has 0 unspecified atom stereocenters. The smallest absolute Gasteiger partial charge is 0.317 e. The number of carbonyl (C=O) groups excluding carboxylic acids is 2. The number of benzene rings is 1. The van der Waals surface area contributed by atoms with E-state index in [4.69, 9.17) is 11.6 Å². The van der Waals surface area contributed by atoms with Crippen molar-refractivity contribution in [2.75, 3.05) is 37.6 Å². The molecule has 1 fully saturated rings. The number of nitrogens with one attached hydrogen (secondary N) is 2. The summed E-state index contributed by atoms with van der Waals surface area (Å²) < 4.78 is 0. The van der Waals surface area contributed by atoms with E-state index in [2.05, 4.69) is 15.5 Å². The number of nitrogens with zero attached hydrogens (tertiary/aromatic N) is 2. The molecular formula is C16H23ClN4O2. The molecule has 126 valence electrons. The number of rotatable bonds is 4. The van der Waals surface area contributed by atoms with Crippen LogP contribution in [-0.2, 0) is 4.79 Å². The number of piperazine rings is 1. The molecule has 1 heterocycles. The van der Waals surface area contributed by atoms with E-state index in [-0.39, 0.29) is 24.5 Å². The fourth-order valence-electron chi connectivity index (χ4n) is 2.46. The summed E-state index contributed by atoms with van der Waals surface area (Å²) in [5.41, 5.74) is 1.10. The Labute approximate surface area is 141 Å². The van der Waals surface area contributed by atoms with Gasteiger partial charge in [0.15, 0.2) is 0 Å². The molecule has 2 rings (SSSR count). The van der Waals surface area contributed by atoms with Crippen LogP contribution in [0, 0.1) is 0 Å². The maximum absolute atomic E-state index is 12.1. The molecule has 0 aliphatic carbocycles. The molecule has 0 radical (unpaired) electrons. The van der Waals surface area contributed by atoms with Gasteiger partial charge in [0.25, 0.3) is 0 Å². The molecule has 0 saturated carbocycles. The van der Waals surface area contributed by atoms with Crippen LogP contribution in [0.2, 0.25) is 5.02 Å². The van der Waals surface area contributed by atoms with Gasteiger partial charge in [0, 0.05) is 42.9 Å². The molecule has 1 aromatic carbocycles. The Kier molecular flexibility index (Phi) is 6.10. The van der Waals surface area contributed by atoms with E-state index in [0.717, 1.165) is 18.8 Å². The third-order valence-corrected chi connectivity index (χ3v) is 3.86. The molecule has 7 heteroatoms. The molecule has 0 spiro atoms. The van der Waals surface area contributed by atoms with Crippen LogP contribution in [0.25, 0.3) is 0 Å². The largest absolute Gasteiger partial charge is 0.368 e. The zero-order chi connectivity index (χ0) is 16.8. The van der Waals surface area contributed by atoms with Gasteiger partial charge in [-0.2, -0.15) is 0 Å². The van der Waals surface area contributed by atoms with Gasteiger partial charge in [-0.3, -0.25) is 4.79 Å². The Bertz CT molecular complexity index is 540. The Morgan fingerprint density at radius 1 is 1.13 bits per heavy atom. The summed E-state index contributed by atoms with van der Waals surface area (Å²) in [6.45, 7) is 6.54. The van der Waals surface area contributed by atoms with Crippen LogP contribution >= 0.6 is 11.6 Å². The van der Waals surface area contributed by atoms with E-state index in [9.17, 15) is 9.59 Å². The lowest BCUT2D eigenvalue weighted by atomic mass is 10.2. The minimum absolute atomic E-state index is 0.00835. The highest BCUT2D eigenvalue weighted by atomic mass is 35.5. The number of hydrogen-bond donors (Lipinski definition) is 2. The van der Waals surface area contributed by atoms with E-state index in [1.165, 1.54) is 0 Å². The summed E-state index contributed by atoms with van der Waals surface area (Å²) in [5.74, 6) is -0.173. The van der Waals surface area contributed by atoms with Crippen molar-refractivity contribution in [1.82, 2.24) is 15.5 Å². The summed E-state index contributed by atoms with van der Waals surface area (Å²) in [6, 6.07) is 7.57. The van der Waals surface area contributed by atoms with E-state index in [0.29, 0.717) is 18.1 Å². The number of anilines is 1. The zero-order valence-electron chi connectivity index (χ0n) is 13.5. The van der Waals surface area contributed by atoms with Gasteiger partial charge in [0.05, 0.1) is 6.54 Å². The fraction of sp³-hybridized carbons (Fsp3) is 0.500. The van der Waals surface area contributed by atoms with Crippen LogP contribution in [0.15, 0.2) is 24.3 Å². The second kappa shape index (κ2) is 8.06. The average molecular weight is 339 g/mol. The summed E-state index contributed by atoms with van der Waals surface area (Å²) in [6.07, 6.45) is 0. The maximum atomic E-state index is 12.1. The molecule has 1 aliphatic rings. The number of halogens is 1. The van der Waals surface area contributed by atoms with E-state index < -0.39 is 0 Å². The Balaban J connectivity index is 1.76. The van der Waals surface area contributed by atoms with Crippen molar-refractivity contribution in [2.45, 2.75) is 19.9 Å². The Hall–Kier alpha value is -1.95. The molecule has 0 aromatic heterocycles. The highest BCUT2D eigenvalue weighted by Gasteiger charge is 2.21. The minimum atomic E-state index is -0.195. The van der Waals surface area contributed by atoms with Crippen molar-refractivity contribution in [1.29, 1.82) is 0 Å². The number of amides is 3. The van der Waals surface area contributed by atoms with E-state index in [1.54, 1.807) is 4.90 Å². The average Bonchev–Trinajstić information content (AvgIpc) is 2.53. The van der Waals surface area contributed by atoms with Gasteiger partial charge in [-0.25, -0.2) is 4.79 Å². The molecule has 6 nitrogen and oxygen atoms in total. The minimum Gasteiger partial charge on any atom is -0.368 e. The first kappa shape index (κ1) is 17.4. The van der Waals surface area contributed by atoms with E-state index in [1.807, 2.05) is 38.1 Å². The SMILES string of the molecule is CC(C)NC(=O)CNC(=O)N1CCN(c2ccc(Cl)cc2)CC1. The molecule has 2 N–H and O–H groups in total. The molecular weight excluding hydrogens is 316 g/mol. The van der Waals surface area contributed by atoms with Crippen LogP contribution in [-0.4, -0.2) is 55.6 Å². The lowest BCUT2D eigenvalue weighted by Crippen LogP contribution is -2.53. The predicted octanol–water partition coefficient (Wildman–Crippen LogP) is 1.70. The number of hydrogen-bond acceptors (Lipinski definition) is 3. The first-order valence-electron chi connectivity index (χ1n) is 7.78. The summed E-state index contributed by atoms with van der Waals surface area (Å²) in [5, 5.41) is 6.12. The Morgan fingerprint density at radius 3 is 2.30 bits per heavy atom. The van der Waals surface area contributed by atoms with Crippen LogP contribution in [0.3, 0.4) is 0 Å². The fourth-order valence-corrected chi connectivity index (χ4v) is 2.59. The third-order valence-electron chi connectivity index (χ3n) is 3.61. The zero-order valence-corrected chi connectivity index (χ0v) is 14.3. The van der Waals surface area contributed by atoms with Crippen LogP contribution in [0.1, 0.15) is 13.8 Å². The predicted molar refractivity (Wildman–Crippen MR) is 91.9 cm³/mol. The van der Waals surface area contributed by atoms with Gasteiger partial charge in [-0.05, 0) is 38.1 Å². The van der Waals surface area contributed by atoms with Crippen molar-refractivity contribution in [3.05, 3.63) is 29.3 Å². The standard InChI is InChI=1S/C16H23ClN4O2/c1-12(2)19-15(22)11-18-16(23)21-9-7-20(8-10-21)14-5-3-13(17)4-6-14/h3-6,12H,7-11H2,1-2H3,(H,18,23)(H,19,22). The van der Waals surface area contributed by atoms with Crippen molar-refractivity contribution in [3.8, 4) is 0 Å². The molecule has 1 aromatic rings. The Morgan fingerprint density at radius 2 is 1.74 bits per heavy atom. The first-order valence-corrected chi connectivity index (χ1v) is 8.16. The third kappa shape index (κ3) is 5.32. The molecule has 0 bridgehead atoms. The molecule has 0 atom stereocenters. The van der Waals surface area contributed by atoms with Crippen molar-refractivity contribution in [2.24, 2.45) is 0 Å². The quantitative estimate of drug-likeness (QED) is 0.878. The van der Waals surface area contributed by atoms with Gasteiger partial charge < -0.3 is 20.4 Å². The van der Waals surface area contributed by atoms with Crippen LogP contribution in [0.4, 0.5) is 10.5 Å². The first-order chi connectivity index (χ1) is 11.0. The lowest BCUT2D eigenvalue weighted by molar-refractivity contribution is -0.120. The highest BCUT2D eigenvalue weighted by Crippen LogP contribution is 2.19. The van der Waals surface area contributed by atoms with Crippen LogP contribution in [0.5, 0.6) is 0 Å². The summed E-state index contributed by atoms with van der Waals surface area (Å²) in [4.78, 5) is 27.6. The van der Waals surface area contributed by atoms with Crippen molar-refractivity contribution >= 4 is 29.2 Å². The number of carbonyl (C=O) groups is 2. The molecule has 1 saturated heterocycles. The van der Waals surface area contributed by atoms with Gasteiger partial charge in [-0.15, -0.1) is 0 Å². The van der Waals surface area contributed by atoms with Gasteiger partial charge in [0.2, 0.25) is 5.91 Å². The number of urea groups is 1. The summed E-state index contributed by atoms with van der Waals surface area (Å²) >= 11 is 5.89. The van der Waals surface area contributed by atoms with Gasteiger partial charge in [-0.1, -0.05) is 11.6 Å². The highest BCUT2D eigenvalue weighted by molar-refractivity contribution is 6.30. The normalized spacial score (nSPS) is 14.8. The van der Waals surface area contributed by atoms with Crippen molar-refractivity contribution < 1.29 is 9.59 Å². The second-order valence-electron chi connectivity index (χ2n) is 5.83. The lowest BCUT2D eigenvalue weighted by Gasteiger charge is -2.36.